The van der Waals surface area contributed by atoms with Crippen LogP contribution >= 0.6 is 0 Å². The smallest absolute Gasteiger partial charge is 0.307 e. The Bertz CT molecular complexity index is 362. The van der Waals surface area contributed by atoms with Crippen molar-refractivity contribution in [3.05, 3.63) is 0 Å². The number of hydrogen-bond donors (Lipinski definition) is 1. The maximum atomic E-state index is 12.2. The lowest BCUT2D eigenvalue weighted by Crippen LogP contribution is -2.47. The van der Waals surface area contributed by atoms with Crippen molar-refractivity contribution in [3.63, 3.8) is 0 Å². The third-order valence-corrected chi connectivity index (χ3v) is 4.55. The van der Waals surface area contributed by atoms with Crippen LogP contribution in [0.1, 0.15) is 33.1 Å². The highest BCUT2D eigenvalue weighted by Crippen LogP contribution is 2.40. The quantitative estimate of drug-likeness (QED) is 0.827. The minimum atomic E-state index is -0.832. The van der Waals surface area contributed by atoms with E-state index >= 15 is 0 Å². The summed E-state index contributed by atoms with van der Waals surface area (Å²) in [6, 6.07) is 0.833. The Morgan fingerprint density at radius 3 is 2.21 bits per heavy atom. The summed E-state index contributed by atoms with van der Waals surface area (Å²) in [5, 5.41) is 8.88. The van der Waals surface area contributed by atoms with Gasteiger partial charge in [0.25, 0.3) is 0 Å². The molecule has 5 heteroatoms. The highest BCUT2D eigenvalue weighted by molar-refractivity contribution is 5.89. The van der Waals surface area contributed by atoms with E-state index in [2.05, 4.69) is 18.7 Å². The van der Waals surface area contributed by atoms with Gasteiger partial charge in [-0.15, -0.1) is 0 Å². The molecule has 1 N–H and O–H groups in total. The third-order valence-electron chi connectivity index (χ3n) is 4.55. The SMILES string of the molecule is CC(C)N1CCC(N(C)C(=O)[C@@H]2C[C@@H]2C(=O)O)CC1. The standard InChI is InChI=1S/C14H24N2O3/c1-9(2)16-6-4-10(5-7-16)15(3)13(17)11-8-12(11)14(18)19/h9-12H,4-8H2,1-3H3,(H,18,19)/t11-,12+/m1/s1. The van der Waals surface area contributed by atoms with Crippen LogP contribution in [0.4, 0.5) is 0 Å². The molecule has 2 aliphatic rings. The molecule has 0 bridgehead atoms. The van der Waals surface area contributed by atoms with Crippen molar-refractivity contribution in [2.45, 2.75) is 45.2 Å². The second kappa shape index (κ2) is 5.49. The molecule has 19 heavy (non-hydrogen) atoms. The van der Waals surface area contributed by atoms with E-state index in [1.54, 1.807) is 4.90 Å². The summed E-state index contributed by atoms with van der Waals surface area (Å²) in [5.74, 6) is -1.52. The zero-order valence-corrected chi connectivity index (χ0v) is 12.0. The molecule has 2 rings (SSSR count). The molecule has 0 aromatic heterocycles. The number of carbonyl (C=O) groups is 2. The summed E-state index contributed by atoms with van der Waals surface area (Å²) in [6.45, 7) is 6.42. The average molecular weight is 268 g/mol. The van der Waals surface area contributed by atoms with Gasteiger partial charge in [0.05, 0.1) is 11.8 Å². The van der Waals surface area contributed by atoms with Crippen LogP contribution in [0.5, 0.6) is 0 Å². The Labute approximate surface area is 114 Å². The fourth-order valence-electron chi connectivity index (χ4n) is 2.97. The van der Waals surface area contributed by atoms with Gasteiger partial charge in [0.1, 0.15) is 0 Å². The monoisotopic (exact) mass is 268 g/mol. The third kappa shape index (κ3) is 3.08. The summed E-state index contributed by atoms with van der Waals surface area (Å²) < 4.78 is 0. The molecule has 0 aromatic carbocycles. The number of piperidine rings is 1. The highest BCUT2D eigenvalue weighted by atomic mass is 16.4. The summed E-state index contributed by atoms with van der Waals surface area (Å²) in [5.41, 5.74) is 0. The number of carboxylic acid groups (broad SMARTS) is 1. The molecular weight excluding hydrogens is 244 g/mol. The van der Waals surface area contributed by atoms with Crippen molar-refractivity contribution in [3.8, 4) is 0 Å². The van der Waals surface area contributed by atoms with Crippen LogP contribution in [0.15, 0.2) is 0 Å². The first-order valence-electron chi connectivity index (χ1n) is 7.15. The van der Waals surface area contributed by atoms with Gasteiger partial charge in [-0.3, -0.25) is 9.59 Å². The van der Waals surface area contributed by atoms with Gasteiger partial charge in [-0.25, -0.2) is 0 Å². The summed E-state index contributed by atoms with van der Waals surface area (Å²) in [7, 11) is 1.83. The van der Waals surface area contributed by atoms with Crippen molar-refractivity contribution in [1.82, 2.24) is 9.80 Å². The van der Waals surface area contributed by atoms with E-state index in [4.69, 9.17) is 5.11 Å². The van der Waals surface area contributed by atoms with Crippen LogP contribution in [0.2, 0.25) is 0 Å². The largest absolute Gasteiger partial charge is 0.481 e. The number of amides is 1. The van der Waals surface area contributed by atoms with Gasteiger partial charge in [-0.05, 0) is 33.1 Å². The zero-order chi connectivity index (χ0) is 14.2. The number of aliphatic carboxylic acids is 1. The van der Waals surface area contributed by atoms with Crippen LogP contribution in [0, 0.1) is 11.8 Å². The molecule has 0 radical (unpaired) electrons. The van der Waals surface area contributed by atoms with Crippen molar-refractivity contribution in [2.75, 3.05) is 20.1 Å². The predicted octanol–water partition coefficient (Wildman–Crippen LogP) is 1.04. The van der Waals surface area contributed by atoms with Crippen LogP contribution < -0.4 is 0 Å². The first-order valence-corrected chi connectivity index (χ1v) is 7.15. The lowest BCUT2D eigenvalue weighted by atomic mass is 10.0. The van der Waals surface area contributed by atoms with E-state index in [0.29, 0.717) is 12.5 Å². The lowest BCUT2D eigenvalue weighted by Gasteiger charge is -2.38. The Hall–Kier alpha value is -1.10. The number of carbonyl (C=O) groups excluding carboxylic acids is 1. The first-order chi connectivity index (χ1) is 8.91. The van der Waals surface area contributed by atoms with E-state index in [0.717, 1.165) is 25.9 Å². The van der Waals surface area contributed by atoms with Crippen molar-refractivity contribution in [1.29, 1.82) is 0 Å². The molecule has 2 atom stereocenters. The zero-order valence-electron chi connectivity index (χ0n) is 12.0. The van der Waals surface area contributed by atoms with Gasteiger partial charge in [0, 0.05) is 32.2 Å². The normalized spacial score (nSPS) is 28.4. The second-order valence-corrected chi connectivity index (χ2v) is 6.10. The molecule has 1 amide bonds. The average Bonchev–Trinajstić information content (AvgIpc) is 3.17. The Morgan fingerprint density at radius 2 is 1.79 bits per heavy atom. The summed E-state index contributed by atoms with van der Waals surface area (Å²) in [6.07, 6.45) is 2.50. The fourth-order valence-corrected chi connectivity index (χ4v) is 2.97. The van der Waals surface area contributed by atoms with Gasteiger partial charge in [-0.2, -0.15) is 0 Å². The molecule has 0 spiro atoms. The first kappa shape index (κ1) is 14.3. The van der Waals surface area contributed by atoms with E-state index in [9.17, 15) is 9.59 Å². The molecule has 5 nitrogen and oxygen atoms in total. The topological polar surface area (TPSA) is 60.9 Å². The van der Waals surface area contributed by atoms with E-state index in [1.165, 1.54) is 0 Å². The molecule has 1 aliphatic carbocycles. The highest BCUT2D eigenvalue weighted by Gasteiger charge is 2.50. The minimum absolute atomic E-state index is 0.0235. The molecule has 0 aromatic rings. The maximum absolute atomic E-state index is 12.2. The van der Waals surface area contributed by atoms with Crippen LogP contribution in [0.3, 0.4) is 0 Å². The molecule has 1 saturated carbocycles. The molecule has 1 saturated heterocycles. The summed E-state index contributed by atoms with van der Waals surface area (Å²) in [4.78, 5) is 27.2. The molecular formula is C14H24N2O3. The molecule has 108 valence electrons. The van der Waals surface area contributed by atoms with Gasteiger partial charge in [0.2, 0.25) is 5.91 Å². The number of carboxylic acids is 1. The number of nitrogens with zero attached hydrogens (tertiary/aromatic N) is 2. The van der Waals surface area contributed by atoms with Gasteiger partial charge < -0.3 is 14.9 Å². The Balaban J connectivity index is 1.83. The Kier molecular flexibility index (Phi) is 4.13. The van der Waals surface area contributed by atoms with Gasteiger partial charge >= 0.3 is 5.97 Å². The van der Waals surface area contributed by atoms with Crippen LogP contribution in [0.25, 0.3) is 0 Å². The van der Waals surface area contributed by atoms with Crippen LogP contribution in [-0.4, -0.2) is 59.0 Å². The number of rotatable bonds is 4. The van der Waals surface area contributed by atoms with Gasteiger partial charge in [-0.1, -0.05) is 0 Å². The minimum Gasteiger partial charge on any atom is -0.481 e. The number of hydrogen-bond acceptors (Lipinski definition) is 3. The Morgan fingerprint density at radius 1 is 1.21 bits per heavy atom. The predicted molar refractivity (Wildman–Crippen MR) is 71.7 cm³/mol. The molecule has 1 heterocycles. The van der Waals surface area contributed by atoms with Crippen LogP contribution in [-0.2, 0) is 9.59 Å². The lowest BCUT2D eigenvalue weighted by molar-refractivity contribution is -0.142. The molecule has 0 unspecified atom stereocenters. The summed E-state index contributed by atoms with van der Waals surface area (Å²) >= 11 is 0. The van der Waals surface area contributed by atoms with Crippen molar-refractivity contribution < 1.29 is 14.7 Å². The van der Waals surface area contributed by atoms with E-state index < -0.39 is 11.9 Å². The number of likely N-dealkylation sites (tertiary alicyclic amines) is 1. The van der Waals surface area contributed by atoms with Crippen molar-refractivity contribution in [2.24, 2.45) is 11.8 Å². The van der Waals surface area contributed by atoms with Crippen molar-refractivity contribution >= 4 is 11.9 Å². The molecule has 1 aliphatic heterocycles. The fraction of sp³-hybridized carbons (Fsp3) is 0.857. The van der Waals surface area contributed by atoms with E-state index in [1.807, 2.05) is 7.05 Å². The van der Waals surface area contributed by atoms with Gasteiger partial charge in [0.15, 0.2) is 0 Å². The second-order valence-electron chi connectivity index (χ2n) is 6.10. The maximum Gasteiger partial charge on any atom is 0.307 e. The van der Waals surface area contributed by atoms with E-state index in [-0.39, 0.29) is 17.9 Å². The molecule has 2 fully saturated rings.